The largest absolute Gasteiger partial charge is 0.311 e. The summed E-state index contributed by atoms with van der Waals surface area (Å²) in [7, 11) is 0. The van der Waals surface area contributed by atoms with E-state index in [2.05, 4.69) is 44.8 Å². The van der Waals surface area contributed by atoms with Crippen LogP contribution in [0.3, 0.4) is 0 Å². The molecule has 0 aromatic heterocycles. The molecule has 2 fully saturated rings. The van der Waals surface area contributed by atoms with Crippen molar-refractivity contribution in [2.45, 2.75) is 85.2 Å². The van der Waals surface area contributed by atoms with Crippen LogP contribution in [0.2, 0.25) is 0 Å². The highest BCUT2D eigenvalue weighted by atomic mass is 15.2. The second kappa shape index (κ2) is 7.46. The fourth-order valence-electron chi connectivity index (χ4n) is 3.99. The number of hydrogen-bond donors (Lipinski definition) is 1. The zero-order valence-electron chi connectivity index (χ0n) is 15.1. The van der Waals surface area contributed by atoms with Crippen LogP contribution in [0.5, 0.6) is 0 Å². The minimum Gasteiger partial charge on any atom is -0.311 e. The van der Waals surface area contributed by atoms with Gasteiger partial charge < -0.3 is 5.32 Å². The predicted octanol–water partition coefficient (Wildman–Crippen LogP) is 4.30. The zero-order valence-corrected chi connectivity index (χ0v) is 15.1. The van der Waals surface area contributed by atoms with Crippen molar-refractivity contribution >= 4 is 0 Å². The normalized spacial score (nSPS) is 28.3. The summed E-state index contributed by atoms with van der Waals surface area (Å²) in [6.45, 7) is 15.8. The monoisotopic (exact) mass is 294 g/mol. The molecule has 1 saturated heterocycles. The van der Waals surface area contributed by atoms with Gasteiger partial charge in [-0.05, 0) is 36.5 Å². The Morgan fingerprint density at radius 2 is 1.90 bits per heavy atom. The lowest BCUT2D eigenvalue weighted by molar-refractivity contribution is 0.0525. The number of nitrogens with one attached hydrogen (secondary N) is 1. The smallest absolute Gasteiger partial charge is 0.0244 e. The number of unbranched alkanes of at least 4 members (excludes halogenated alkanes) is 2. The van der Waals surface area contributed by atoms with E-state index in [9.17, 15) is 0 Å². The number of nitrogens with zero attached hydrogens (tertiary/aromatic N) is 1. The quantitative estimate of drug-likeness (QED) is 0.671. The van der Waals surface area contributed by atoms with E-state index in [1.807, 2.05) is 0 Å². The van der Waals surface area contributed by atoms with Gasteiger partial charge in [-0.3, -0.25) is 4.90 Å². The van der Waals surface area contributed by atoms with Crippen molar-refractivity contribution in [3.8, 4) is 0 Å². The molecule has 124 valence electrons. The van der Waals surface area contributed by atoms with Crippen molar-refractivity contribution in [2.24, 2.45) is 17.3 Å². The number of rotatable bonds is 8. The minimum absolute atomic E-state index is 0.466. The van der Waals surface area contributed by atoms with E-state index in [0.29, 0.717) is 5.41 Å². The van der Waals surface area contributed by atoms with Crippen LogP contribution in [0.15, 0.2) is 0 Å². The highest BCUT2D eigenvalue weighted by Crippen LogP contribution is 2.36. The number of hydrogen-bond acceptors (Lipinski definition) is 2. The lowest BCUT2D eigenvalue weighted by Crippen LogP contribution is -2.60. The van der Waals surface area contributed by atoms with E-state index in [1.165, 1.54) is 58.2 Å². The molecule has 2 heteroatoms. The average Bonchev–Trinajstić information content (AvgIpc) is 3.22. The van der Waals surface area contributed by atoms with Crippen LogP contribution in [0.25, 0.3) is 0 Å². The molecule has 0 bridgehead atoms. The van der Waals surface area contributed by atoms with Crippen LogP contribution in [-0.4, -0.2) is 36.6 Å². The topological polar surface area (TPSA) is 15.3 Å². The molecule has 1 saturated carbocycles. The van der Waals surface area contributed by atoms with E-state index in [0.717, 1.165) is 23.9 Å². The molecular formula is C19H38N2. The third-order valence-corrected chi connectivity index (χ3v) is 5.54. The van der Waals surface area contributed by atoms with Crippen LogP contribution in [0.4, 0.5) is 0 Å². The summed E-state index contributed by atoms with van der Waals surface area (Å²) < 4.78 is 0. The third kappa shape index (κ3) is 5.25. The molecule has 2 unspecified atom stereocenters. The van der Waals surface area contributed by atoms with Gasteiger partial charge in [-0.15, -0.1) is 0 Å². The van der Waals surface area contributed by atoms with Gasteiger partial charge in [0.15, 0.2) is 0 Å². The van der Waals surface area contributed by atoms with Crippen LogP contribution in [-0.2, 0) is 0 Å². The van der Waals surface area contributed by atoms with Gasteiger partial charge in [0, 0.05) is 31.7 Å². The summed E-state index contributed by atoms with van der Waals surface area (Å²) in [5.74, 6) is 1.73. The van der Waals surface area contributed by atoms with Gasteiger partial charge in [0.1, 0.15) is 0 Å². The van der Waals surface area contributed by atoms with Gasteiger partial charge in [0.25, 0.3) is 0 Å². The van der Waals surface area contributed by atoms with Crippen LogP contribution >= 0.6 is 0 Å². The molecule has 0 aromatic carbocycles. The van der Waals surface area contributed by atoms with Crippen molar-refractivity contribution in [3.63, 3.8) is 0 Å². The Bertz CT molecular complexity index is 307. The van der Waals surface area contributed by atoms with Crippen LogP contribution < -0.4 is 5.32 Å². The van der Waals surface area contributed by atoms with Crippen molar-refractivity contribution in [1.82, 2.24) is 10.2 Å². The maximum absolute atomic E-state index is 3.84. The Morgan fingerprint density at radius 3 is 2.48 bits per heavy atom. The van der Waals surface area contributed by atoms with Gasteiger partial charge in [-0.25, -0.2) is 0 Å². The molecule has 21 heavy (non-hydrogen) atoms. The maximum Gasteiger partial charge on any atom is 0.0244 e. The summed E-state index contributed by atoms with van der Waals surface area (Å²) in [5, 5.41) is 3.84. The summed E-state index contributed by atoms with van der Waals surface area (Å²) >= 11 is 0. The lowest BCUT2D eigenvalue weighted by Gasteiger charge is -2.46. The highest BCUT2D eigenvalue weighted by molar-refractivity contribution is 4.96. The molecule has 1 N–H and O–H groups in total. The Labute approximate surface area is 133 Å². The minimum atomic E-state index is 0.466. The molecule has 0 amide bonds. The molecule has 0 aromatic rings. The first-order valence-corrected chi connectivity index (χ1v) is 9.40. The molecule has 1 aliphatic heterocycles. The molecule has 2 atom stereocenters. The van der Waals surface area contributed by atoms with E-state index in [1.54, 1.807) is 0 Å². The van der Waals surface area contributed by atoms with Gasteiger partial charge in [-0.2, -0.15) is 0 Å². The second-order valence-electron chi connectivity index (χ2n) is 8.71. The molecule has 2 nitrogen and oxygen atoms in total. The second-order valence-corrected chi connectivity index (χ2v) is 8.71. The summed E-state index contributed by atoms with van der Waals surface area (Å²) in [6, 6.07) is 1.50. The summed E-state index contributed by atoms with van der Waals surface area (Å²) in [4.78, 5) is 2.83. The lowest BCUT2D eigenvalue weighted by atomic mass is 9.84. The Morgan fingerprint density at radius 1 is 1.19 bits per heavy atom. The third-order valence-electron chi connectivity index (χ3n) is 5.54. The fraction of sp³-hybridized carbons (Fsp3) is 1.00. The Balaban J connectivity index is 1.91. The Hall–Kier alpha value is -0.0800. The fourth-order valence-corrected chi connectivity index (χ4v) is 3.99. The molecular weight excluding hydrogens is 256 g/mol. The zero-order chi connectivity index (χ0) is 15.5. The molecule has 0 radical (unpaired) electrons. The van der Waals surface area contributed by atoms with Crippen molar-refractivity contribution < 1.29 is 0 Å². The van der Waals surface area contributed by atoms with Crippen LogP contribution in [0.1, 0.15) is 73.1 Å². The summed E-state index contributed by atoms with van der Waals surface area (Å²) in [6.07, 6.45) is 8.42. The first-order valence-electron chi connectivity index (χ1n) is 9.40. The van der Waals surface area contributed by atoms with Gasteiger partial charge in [-0.1, -0.05) is 53.9 Å². The van der Waals surface area contributed by atoms with Crippen LogP contribution in [0, 0.1) is 17.3 Å². The average molecular weight is 295 g/mol. The molecule has 2 aliphatic rings. The Kier molecular flexibility index (Phi) is 6.14. The SMILES string of the molecule is CCCCCC(C)(C)CN1CC(C2CC2)NCC1C(C)C. The van der Waals surface area contributed by atoms with E-state index < -0.39 is 0 Å². The predicted molar refractivity (Wildman–Crippen MR) is 92.6 cm³/mol. The van der Waals surface area contributed by atoms with Gasteiger partial charge >= 0.3 is 0 Å². The highest BCUT2D eigenvalue weighted by Gasteiger charge is 2.39. The van der Waals surface area contributed by atoms with Crippen molar-refractivity contribution in [3.05, 3.63) is 0 Å². The summed E-state index contributed by atoms with van der Waals surface area (Å²) in [5.41, 5.74) is 0.466. The standard InChI is InChI=1S/C19H38N2/c1-6-7-8-11-19(4,5)14-21-13-17(16-9-10-16)20-12-18(21)15(2)3/h15-18,20H,6-14H2,1-5H3. The van der Waals surface area contributed by atoms with Crippen molar-refractivity contribution in [1.29, 1.82) is 0 Å². The molecule has 0 spiro atoms. The van der Waals surface area contributed by atoms with E-state index >= 15 is 0 Å². The number of piperazine rings is 1. The van der Waals surface area contributed by atoms with Gasteiger partial charge in [0.2, 0.25) is 0 Å². The van der Waals surface area contributed by atoms with E-state index in [-0.39, 0.29) is 0 Å². The molecule has 2 rings (SSSR count). The first-order chi connectivity index (χ1) is 9.93. The van der Waals surface area contributed by atoms with Crippen molar-refractivity contribution in [2.75, 3.05) is 19.6 Å². The first kappa shape index (κ1) is 17.3. The molecule has 1 aliphatic carbocycles. The van der Waals surface area contributed by atoms with E-state index in [4.69, 9.17) is 0 Å². The van der Waals surface area contributed by atoms with Gasteiger partial charge in [0.05, 0.1) is 0 Å². The maximum atomic E-state index is 3.84. The molecule has 1 heterocycles.